The molecule has 1 heteroatoms. The molecule has 0 nitrogen and oxygen atoms in total. The Bertz CT molecular complexity index is 119. The average molecular weight is 214 g/mol. The van der Waals surface area contributed by atoms with E-state index in [0.717, 1.165) is 25.7 Å². The molecular formula is C14H27F. The zero-order chi connectivity index (χ0) is 10.8. The molecule has 0 aromatic rings. The zero-order valence-corrected chi connectivity index (χ0v) is 10.1. The Morgan fingerprint density at radius 3 is 1.07 bits per heavy atom. The molecule has 15 heavy (non-hydrogen) atoms. The van der Waals surface area contributed by atoms with Gasteiger partial charge < -0.3 is 0 Å². The fraction of sp³-hybridized carbons (Fsp3) is 1.00. The number of hydrogen-bond donors (Lipinski definition) is 0. The maximum absolute atomic E-state index is 13.4. The van der Waals surface area contributed by atoms with Crippen LogP contribution < -0.4 is 0 Å². The number of halogens is 1. The summed E-state index contributed by atoms with van der Waals surface area (Å²) in [4.78, 5) is 0. The van der Waals surface area contributed by atoms with Crippen molar-refractivity contribution in [3.63, 3.8) is 0 Å². The smallest absolute Gasteiger partial charge is 0.100 e. The van der Waals surface area contributed by atoms with Crippen molar-refractivity contribution in [2.45, 2.75) is 89.6 Å². The largest absolute Gasteiger partial charge is 0.247 e. The van der Waals surface area contributed by atoms with Gasteiger partial charge in [0.05, 0.1) is 0 Å². The van der Waals surface area contributed by atoms with Crippen LogP contribution in [0.5, 0.6) is 0 Å². The number of alkyl halides is 1. The van der Waals surface area contributed by atoms with Crippen LogP contribution in [0, 0.1) is 0 Å². The molecule has 1 saturated carbocycles. The van der Waals surface area contributed by atoms with Crippen molar-refractivity contribution in [2.75, 3.05) is 0 Å². The third-order valence-corrected chi connectivity index (χ3v) is 3.53. The zero-order valence-electron chi connectivity index (χ0n) is 10.1. The molecule has 0 unspecified atom stereocenters. The monoisotopic (exact) mass is 214 g/mol. The molecule has 0 atom stereocenters. The summed E-state index contributed by atoms with van der Waals surface area (Å²) in [6.07, 6.45) is 15.5. The second-order valence-electron chi connectivity index (χ2n) is 5.06. The first kappa shape index (κ1) is 13.0. The van der Waals surface area contributed by atoms with Gasteiger partial charge in [0.1, 0.15) is 6.17 Å². The van der Waals surface area contributed by atoms with Crippen molar-refractivity contribution in [3.8, 4) is 0 Å². The molecule has 1 fully saturated rings. The van der Waals surface area contributed by atoms with Gasteiger partial charge in [0.25, 0.3) is 0 Å². The first-order chi connectivity index (χ1) is 7.39. The third-order valence-electron chi connectivity index (χ3n) is 3.53. The van der Waals surface area contributed by atoms with E-state index in [4.69, 9.17) is 0 Å². The van der Waals surface area contributed by atoms with Crippen molar-refractivity contribution in [1.29, 1.82) is 0 Å². The summed E-state index contributed by atoms with van der Waals surface area (Å²) in [5.74, 6) is 0. The van der Waals surface area contributed by atoms with Crippen LogP contribution in [-0.4, -0.2) is 6.17 Å². The van der Waals surface area contributed by atoms with E-state index < -0.39 is 6.17 Å². The molecule has 0 aliphatic heterocycles. The normalized spacial score (nSPS) is 24.6. The Morgan fingerprint density at radius 1 is 0.467 bits per heavy atom. The molecule has 0 amide bonds. The lowest BCUT2D eigenvalue weighted by Gasteiger charge is -2.09. The van der Waals surface area contributed by atoms with Crippen molar-refractivity contribution >= 4 is 0 Å². The highest BCUT2D eigenvalue weighted by Gasteiger charge is 2.06. The minimum absolute atomic E-state index is 0.507. The van der Waals surface area contributed by atoms with Crippen molar-refractivity contribution in [3.05, 3.63) is 0 Å². The molecule has 0 spiro atoms. The Balaban J connectivity index is 2.10. The van der Waals surface area contributed by atoms with E-state index >= 15 is 0 Å². The van der Waals surface area contributed by atoms with Gasteiger partial charge in [0, 0.05) is 0 Å². The van der Waals surface area contributed by atoms with E-state index in [9.17, 15) is 4.39 Å². The summed E-state index contributed by atoms with van der Waals surface area (Å²) in [6.45, 7) is 0. The maximum Gasteiger partial charge on any atom is 0.100 e. The molecule has 1 aliphatic rings. The SMILES string of the molecule is FC1CCCCCCCCCCCCC1. The van der Waals surface area contributed by atoms with Gasteiger partial charge >= 0.3 is 0 Å². The van der Waals surface area contributed by atoms with E-state index in [1.165, 1.54) is 57.8 Å². The number of hydrogen-bond acceptors (Lipinski definition) is 0. The molecule has 0 aromatic heterocycles. The molecule has 0 bridgehead atoms. The van der Waals surface area contributed by atoms with E-state index in [1.54, 1.807) is 0 Å². The lowest BCUT2D eigenvalue weighted by molar-refractivity contribution is 0.278. The molecule has 0 N–H and O–H groups in total. The fourth-order valence-corrected chi connectivity index (χ4v) is 2.47. The topological polar surface area (TPSA) is 0 Å². The standard InChI is InChI=1S/C14H27F/c15-14-12-10-8-6-4-2-1-3-5-7-9-11-13-14/h14H,1-13H2. The van der Waals surface area contributed by atoms with E-state index in [0.29, 0.717) is 0 Å². The van der Waals surface area contributed by atoms with E-state index in [-0.39, 0.29) is 0 Å². The summed E-state index contributed by atoms with van der Waals surface area (Å²) in [5.41, 5.74) is 0. The molecule has 90 valence electrons. The highest BCUT2D eigenvalue weighted by atomic mass is 19.1. The fourth-order valence-electron chi connectivity index (χ4n) is 2.47. The molecule has 0 aromatic carbocycles. The van der Waals surface area contributed by atoms with E-state index in [2.05, 4.69) is 0 Å². The van der Waals surface area contributed by atoms with Crippen LogP contribution in [0.3, 0.4) is 0 Å². The van der Waals surface area contributed by atoms with Crippen molar-refractivity contribution in [1.82, 2.24) is 0 Å². The molecule has 1 rings (SSSR count). The second-order valence-corrected chi connectivity index (χ2v) is 5.06. The molecule has 0 saturated heterocycles. The predicted octanol–water partition coefficient (Wildman–Crippen LogP) is 5.41. The van der Waals surface area contributed by atoms with Gasteiger partial charge in [-0.2, -0.15) is 0 Å². The summed E-state index contributed by atoms with van der Waals surface area (Å²) in [5, 5.41) is 0. The minimum atomic E-state index is -0.507. The molecule has 0 radical (unpaired) electrons. The van der Waals surface area contributed by atoms with Crippen LogP contribution >= 0.6 is 0 Å². The quantitative estimate of drug-likeness (QED) is 0.506. The van der Waals surface area contributed by atoms with Crippen LogP contribution in [0.25, 0.3) is 0 Å². The van der Waals surface area contributed by atoms with Crippen LogP contribution in [0.4, 0.5) is 4.39 Å². The van der Waals surface area contributed by atoms with Crippen LogP contribution in [-0.2, 0) is 0 Å². The summed E-state index contributed by atoms with van der Waals surface area (Å²) in [6, 6.07) is 0. The van der Waals surface area contributed by atoms with Gasteiger partial charge in [-0.15, -0.1) is 0 Å². The predicted molar refractivity (Wildman–Crippen MR) is 64.9 cm³/mol. The highest BCUT2D eigenvalue weighted by Crippen LogP contribution is 2.18. The Morgan fingerprint density at radius 2 is 0.733 bits per heavy atom. The second kappa shape index (κ2) is 9.18. The maximum atomic E-state index is 13.4. The Labute approximate surface area is 94.6 Å². The van der Waals surface area contributed by atoms with Gasteiger partial charge in [0.15, 0.2) is 0 Å². The van der Waals surface area contributed by atoms with Gasteiger partial charge in [-0.25, -0.2) is 4.39 Å². The first-order valence-electron chi connectivity index (χ1n) is 7.03. The van der Waals surface area contributed by atoms with Gasteiger partial charge in [0.2, 0.25) is 0 Å². The van der Waals surface area contributed by atoms with Crippen LogP contribution in [0.15, 0.2) is 0 Å². The number of rotatable bonds is 0. The van der Waals surface area contributed by atoms with Crippen molar-refractivity contribution in [2.24, 2.45) is 0 Å². The molecule has 1 aliphatic carbocycles. The van der Waals surface area contributed by atoms with Gasteiger partial charge in [-0.05, 0) is 12.8 Å². The average Bonchev–Trinajstić information content (AvgIpc) is 2.24. The Kier molecular flexibility index (Phi) is 7.95. The Hall–Kier alpha value is -0.0700. The summed E-state index contributed by atoms with van der Waals surface area (Å²) >= 11 is 0. The van der Waals surface area contributed by atoms with Gasteiger partial charge in [-0.3, -0.25) is 0 Å². The lowest BCUT2D eigenvalue weighted by atomic mass is 10.0. The van der Waals surface area contributed by atoms with Crippen molar-refractivity contribution < 1.29 is 4.39 Å². The third kappa shape index (κ3) is 7.81. The summed E-state index contributed by atoms with van der Waals surface area (Å²) in [7, 11) is 0. The summed E-state index contributed by atoms with van der Waals surface area (Å²) < 4.78 is 13.4. The minimum Gasteiger partial charge on any atom is -0.247 e. The molecular weight excluding hydrogens is 187 g/mol. The van der Waals surface area contributed by atoms with E-state index in [1.807, 2.05) is 0 Å². The lowest BCUT2D eigenvalue weighted by Crippen LogP contribution is -2.00. The van der Waals surface area contributed by atoms with Gasteiger partial charge in [-0.1, -0.05) is 70.6 Å². The van der Waals surface area contributed by atoms with Crippen LogP contribution in [0.2, 0.25) is 0 Å². The van der Waals surface area contributed by atoms with Crippen LogP contribution in [0.1, 0.15) is 83.5 Å². The molecule has 0 heterocycles. The first-order valence-corrected chi connectivity index (χ1v) is 7.03. The highest BCUT2D eigenvalue weighted by molar-refractivity contribution is 4.58.